The second-order valence-electron chi connectivity index (χ2n) is 10.6. The normalized spacial score (nSPS) is 22.0. The van der Waals surface area contributed by atoms with Gasteiger partial charge in [0.25, 0.3) is 0 Å². The topological polar surface area (TPSA) is 151 Å². The third-order valence-corrected chi connectivity index (χ3v) is 7.45. The first-order valence-electron chi connectivity index (χ1n) is 14.3. The number of aliphatic hydroxyl groups is 1. The smallest absolute Gasteiger partial charge is 0.222 e. The Hall–Kier alpha value is -4.06. The summed E-state index contributed by atoms with van der Waals surface area (Å²) >= 11 is 0. The molecule has 43 heavy (non-hydrogen) atoms. The van der Waals surface area contributed by atoms with Gasteiger partial charge in [-0.15, -0.1) is 0 Å². The SMILES string of the molecule is COC[C@H]1OC(OCc2ccc3ccccc3c2)[C@H](NC(=O)CCN=C(N)N)[C@@H](OCc2ccc3ccccc3c2)[C@@H]1O. The number of nitrogens with one attached hydrogen (secondary N) is 1. The Morgan fingerprint density at radius 1 is 0.884 bits per heavy atom. The van der Waals surface area contributed by atoms with Gasteiger partial charge in [-0.3, -0.25) is 9.79 Å². The van der Waals surface area contributed by atoms with Crippen molar-refractivity contribution < 1.29 is 28.8 Å². The molecule has 0 spiro atoms. The molecule has 226 valence electrons. The minimum absolute atomic E-state index is 0.0286. The van der Waals surface area contributed by atoms with Crippen LogP contribution in [0.2, 0.25) is 0 Å². The van der Waals surface area contributed by atoms with Gasteiger partial charge >= 0.3 is 0 Å². The van der Waals surface area contributed by atoms with Crippen molar-refractivity contribution in [1.29, 1.82) is 0 Å². The fourth-order valence-corrected chi connectivity index (χ4v) is 5.29. The summed E-state index contributed by atoms with van der Waals surface area (Å²) in [5.41, 5.74) is 12.7. The van der Waals surface area contributed by atoms with Crippen LogP contribution in [0.15, 0.2) is 89.9 Å². The van der Waals surface area contributed by atoms with Crippen molar-refractivity contribution in [3.8, 4) is 0 Å². The number of hydrogen-bond acceptors (Lipinski definition) is 7. The van der Waals surface area contributed by atoms with E-state index in [0.717, 1.165) is 32.7 Å². The number of fused-ring (bicyclic) bond motifs is 2. The minimum atomic E-state index is -1.11. The molecule has 1 aliphatic rings. The molecule has 0 radical (unpaired) electrons. The van der Waals surface area contributed by atoms with Crippen molar-refractivity contribution in [3.05, 3.63) is 96.1 Å². The van der Waals surface area contributed by atoms with Crippen LogP contribution in [0, 0.1) is 0 Å². The van der Waals surface area contributed by atoms with Crippen LogP contribution in [-0.2, 0) is 37.0 Å². The number of hydrogen-bond donors (Lipinski definition) is 4. The molecule has 1 saturated heterocycles. The lowest BCUT2D eigenvalue weighted by Crippen LogP contribution is -2.65. The number of nitrogens with two attached hydrogens (primary N) is 2. The molecule has 1 amide bonds. The molecule has 0 aromatic heterocycles. The van der Waals surface area contributed by atoms with Crippen molar-refractivity contribution in [1.82, 2.24) is 5.32 Å². The molecule has 1 heterocycles. The first-order chi connectivity index (χ1) is 20.9. The molecule has 0 saturated carbocycles. The highest BCUT2D eigenvalue weighted by molar-refractivity contribution is 5.83. The molecule has 4 aromatic rings. The van der Waals surface area contributed by atoms with Gasteiger partial charge in [0.1, 0.15) is 24.4 Å². The van der Waals surface area contributed by atoms with Crippen molar-refractivity contribution >= 4 is 33.4 Å². The van der Waals surface area contributed by atoms with E-state index in [1.807, 2.05) is 78.9 Å². The molecule has 0 bridgehead atoms. The number of rotatable bonds is 12. The second kappa shape index (κ2) is 14.4. The van der Waals surface area contributed by atoms with Crippen molar-refractivity contribution in [3.63, 3.8) is 0 Å². The van der Waals surface area contributed by atoms with Crippen LogP contribution < -0.4 is 16.8 Å². The molecule has 1 unspecified atom stereocenters. The summed E-state index contributed by atoms with van der Waals surface area (Å²) in [4.78, 5) is 16.9. The van der Waals surface area contributed by atoms with Gasteiger partial charge in [-0.05, 0) is 44.8 Å². The van der Waals surface area contributed by atoms with Crippen molar-refractivity contribution in [2.75, 3.05) is 20.3 Å². The summed E-state index contributed by atoms with van der Waals surface area (Å²) in [6.45, 7) is 0.632. The van der Waals surface area contributed by atoms with Gasteiger partial charge in [0.15, 0.2) is 12.2 Å². The first kappa shape index (κ1) is 30.4. The highest BCUT2D eigenvalue weighted by Gasteiger charge is 2.47. The van der Waals surface area contributed by atoms with E-state index in [1.165, 1.54) is 7.11 Å². The first-order valence-corrected chi connectivity index (χ1v) is 14.3. The zero-order valence-corrected chi connectivity index (χ0v) is 24.1. The predicted molar refractivity (Wildman–Crippen MR) is 165 cm³/mol. The van der Waals surface area contributed by atoms with E-state index in [1.54, 1.807) is 0 Å². The lowest BCUT2D eigenvalue weighted by Gasteiger charge is -2.44. The number of amides is 1. The summed E-state index contributed by atoms with van der Waals surface area (Å²) < 4.78 is 24.2. The Balaban J connectivity index is 1.38. The number of methoxy groups -OCH3 is 1. The van der Waals surface area contributed by atoms with Crippen LogP contribution in [0.1, 0.15) is 17.5 Å². The van der Waals surface area contributed by atoms with E-state index in [2.05, 4.69) is 16.4 Å². The third-order valence-electron chi connectivity index (χ3n) is 7.45. The van der Waals surface area contributed by atoms with Crippen LogP contribution in [0.25, 0.3) is 21.5 Å². The molecule has 6 N–H and O–H groups in total. The second-order valence-corrected chi connectivity index (χ2v) is 10.6. The van der Waals surface area contributed by atoms with Crippen LogP contribution in [-0.4, -0.2) is 67.9 Å². The lowest BCUT2D eigenvalue weighted by molar-refractivity contribution is -0.282. The van der Waals surface area contributed by atoms with E-state index >= 15 is 0 Å². The standard InChI is InChI=1S/C33H38N4O6/c1-40-20-27-30(39)31(41-18-21-10-12-23-6-2-4-8-25(23)16-21)29(37-28(38)14-15-36-33(34)35)32(43-27)42-19-22-11-13-24-7-3-5-9-26(24)17-22/h2-13,16-17,27,29-32,39H,14-15,18-20H2,1H3,(H,37,38)(H4,34,35,36)/t27-,29-,30-,31-,32?/m1/s1. The number of nitrogens with zero attached hydrogens (tertiary/aromatic N) is 1. The fraction of sp³-hybridized carbons (Fsp3) is 0.333. The maximum atomic E-state index is 13.0. The number of aliphatic imine (C=N–C) groups is 1. The van der Waals surface area contributed by atoms with Crippen LogP contribution >= 0.6 is 0 Å². The van der Waals surface area contributed by atoms with E-state index in [9.17, 15) is 9.90 Å². The Kier molecular flexibility index (Phi) is 10.2. The van der Waals surface area contributed by atoms with Crippen LogP contribution in [0.3, 0.4) is 0 Å². The summed E-state index contributed by atoms with van der Waals surface area (Å²) in [6.07, 6.45) is -3.63. The number of carbonyl (C=O) groups is 1. The van der Waals surface area contributed by atoms with Gasteiger partial charge in [-0.2, -0.15) is 0 Å². The van der Waals surface area contributed by atoms with Gasteiger partial charge in [0.05, 0.1) is 26.4 Å². The molecule has 4 aromatic carbocycles. The van der Waals surface area contributed by atoms with E-state index in [-0.39, 0.29) is 44.7 Å². The molecule has 1 aliphatic heterocycles. The molecular weight excluding hydrogens is 548 g/mol. The molecule has 5 rings (SSSR count). The Bertz CT molecular complexity index is 1560. The van der Waals surface area contributed by atoms with E-state index < -0.39 is 30.6 Å². The zero-order chi connectivity index (χ0) is 30.2. The Labute approximate surface area is 250 Å². The van der Waals surface area contributed by atoms with Gasteiger partial charge in [0, 0.05) is 13.5 Å². The molecule has 5 atom stereocenters. The summed E-state index contributed by atoms with van der Waals surface area (Å²) in [7, 11) is 1.53. The number of ether oxygens (including phenoxy) is 4. The number of carbonyl (C=O) groups excluding carboxylic acids is 1. The van der Waals surface area contributed by atoms with Gasteiger partial charge in [0.2, 0.25) is 5.91 Å². The highest BCUT2D eigenvalue weighted by atomic mass is 16.7. The van der Waals surface area contributed by atoms with Gasteiger partial charge < -0.3 is 40.8 Å². The molecular formula is C33H38N4O6. The average molecular weight is 587 g/mol. The lowest BCUT2D eigenvalue weighted by atomic mass is 9.96. The van der Waals surface area contributed by atoms with Crippen molar-refractivity contribution in [2.45, 2.75) is 50.3 Å². The summed E-state index contributed by atoms with van der Waals surface area (Å²) in [5.74, 6) is -0.436. The Morgan fingerprint density at radius 2 is 1.47 bits per heavy atom. The molecule has 10 heteroatoms. The largest absolute Gasteiger partial charge is 0.388 e. The van der Waals surface area contributed by atoms with Gasteiger partial charge in [-0.1, -0.05) is 72.8 Å². The predicted octanol–water partition coefficient (Wildman–Crippen LogP) is 2.98. The third kappa shape index (κ3) is 7.86. The number of benzene rings is 4. The van der Waals surface area contributed by atoms with Crippen molar-refractivity contribution in [2.24, 2.45) is 16.5 Å². The maximum absolute atomic E-state index is 13.0. The highest BCUT2D eigenvalue weighted by Crippen LogP contribution is 2.28. The number of aliphatic hydroxyl groups excluding tert-OH is 1. The number of guanidine groups is 1. The monoisotopic (exact) mass is 586 g/mol. The van der Waals surface area contributed by atoms with Gasteiger partial charge in [-0.25, -0.2) is 0 Å². The van der Waals surface area contributed by atoms with Crippen LogP contribution in [0.5, 0.6) is 0 Å². The Morgan fingerprint density at radius 3 is 2.05 bits per heavy atom. The summed E-state index contributed by atoms with van der Waals surface area (Å²) in [5, 5.41) is 18.7. The average Bonchev–Trinajstić information content (AvgIpc) is 3.01. The molecule has 1 fully saturated rings. The minimum Gasteiger partial charge on any atom is -0.388 e. The van der Waals surface area contributed by atoms with E-state index in [0.29, 0.717) is 0 Å². The zero-order valence-electron chi connectivity index (χ0n) is 24.1. The summed E-state index contributed by atoms with van der Waals surface area (Å²) in [6, 6.07) is 27.4. The van der Waals surface area contributed by atoms with Crippen LogP contribution in [0.4, 0.5) is 0 Å². The molecule has 10 nitrogen and oxygen atoms in total. The quantitative estimate of drug-likeness (QED) is 0.146. The maximum Gasteiger partial charge on any atom is 0.222 e. The fourth-order valence-electron chi connectivity index (χ4n) is 5.29. The molecule has 0 aliphatic carbocycles. The van der Waals surface area contributed by atoms with E-state index in [4.69, 9.17) is 30.4 Å².